The maximum absolute atomic E-state index is 14.1. The average Bonchev–Trinajstić information content (AvgIpc) is 3.37. The Morgan fingerprint density at radius 2 is 1.81 bits per heavy atom. The third-order valence-corrected chi connectivity index (χ3v) is 14.3. The van der Waals surface area contributed by atoms with Gasteiger partial charge in [0.2, 0.25) is 0 Å². The van der Waals surface area contributed by atoms with E-state index in [1.165, 1.54) is 5.56 Å². The van der Waals surface area contributed by atoms with Crippen LogP contribution in [0.2, 0.25) is 0 Å². The number of aliphatic imine (C=N–C) groups is 1. The normalized spacial score (nSPS) is 22.1. The van der Waals surface area contributed by atoms with E-state index in [1.807, 2.05) is 91.0 Å². The number of hydrogen-bond donors (Lipinski definition) is 6. The topological polar surface area (TPSA) is 176 Å². The Hall–Kier alpha value is -7.26. The van der Waals surface area contributed by atoms with Crippen LogP contribution in [-0.2, 0) is 29.0 Å². The maximum Gasteiger partial charge on any atom is 0.192 e. The van der Waals surface area contributed by atoms with Gasteiger partial charge >= 0.3 is 0 Å². The number of Topliss-reactive ketones (excluding diaryl/α,β-unsaturated/α-hetero) is 1. The van der Waals surface area contributed by atoms with Gasteiger partial charge in [0.25, 0.3) is 0 Å². The molecule has 11 heteroatoms. The number of unbranched alkanes of at least 4 members (excludes halogenated alkanes) is 1. The number of carbonyl (C=O) groups is 1. The van der Waals surface area contributed by atoms with Crippen LogP contribution in [0.1, 0.15) is 114 Å². The van der Waals surface area contributed by atoms with Crippen molar-refractivity contribution in [1.29, 1.82) is 0 Å². The zero-order chi connectivity index (χ0) is 48.9. The van der Waals surface area contributed by atoms with E-state index in [0.717, 1.165) is 59.0 Å². The number of phenolic OH excluding ortho intramolecular Hbond substituents is 1. The number of methoxy groups -OCH3 is 1. The largest absolute Gasteiger partial charge is 0.508 e. The number of guanidine groups is 1. The monoisotopic (exact) mass is 939 g/mol. The quantitative estimate of drug-likeness (QED) is 0.0274. The predicted octanol–water partition coefficient (Wildman–Crippen LogP) is 10.7. The van der Waals surface area contributed by atoms with Crippen molar-refractivity contribution in [3.05, 3.63) is 171 Å². The molecule has 6 unspecified atom stereocenters. The molecule has 5 aromatic carbocycles. The summed E-state index contributed by atoms with van der Waals surface area (Å²) in [6.45, 7) is 2.04. The number of anilines is 1. The van der Waals surface area contributed by atoms with Gasteiger partial charge in [0.05, 0.1) is 13.0 Å². The van der Waals surface area contributed by atoms with E-state index in [2.05, 4.69) is 47.5 Å². The van der Waals surface area contributed by atoms with Crippen molar-refractivity contribution in [3.8, 4) is 29.3 Å². The number of aryl methyl sites for hydroxylation is 2. The molecule has 0 amide bonds. The lowest BCUT2D eigenvalue weighted by atomic mass is 9.75. The van der Waals surface area contributed by atoms with Crippen molar-refractivity contribution >= 4 is 34.3 Å². The number of aromatic hydroxyl groups is 1. The molecule has 6 atom stereocenters. The number of fused-ring (bicyclic) bond motifs is 7. The Morgan fingerprint density at radius 1 is 0.971 bits per heavy atom. The number of ketones is 1. The summed E-state index contributed by atoms with van der Waals surface area (Å²) in [5.41, 5.74) is 13.4. The molecule has 2 aliphatic carbocycles. The standard InChI is InChI=1S/C59H61N3O8/c1-35-16-21-46-51-34-70-55-27-37(18-23-54(55)68-3)17-20-43(63)31-44-29-41-30-52(64)40(28-39(41)14-8-7-10-36-11-9-15-42(26-36)62-59(60)61-2)19-22-45(38-12-5-4-6-13-38)47(24-25-69-44)57-50(32-49(51)58(66)67)56(46)48(35)33-53(57)65/h4-6,9,11-13,15-16,18-19,21-23,26-28,30,32-33,35,39,41,44-45,47,58,64-67H,7-8,10,14,17,20,29,31,34H2,1-3H3,(H3,60,61,62). The third kappa shape index (κ3) is 10.3. The summed E-state index contributed by atoms with van der Waals surface area (Å²) in [5.74, 6) is 3.43. The van der Waals surface area contributed by atoms with Crippen LogP contribution >= 0.6 is 0 Å². The number of phenols is 1. The number of nitrogens with two attached hydrogens (primary N) is 1. The molecule has 0 aromatic heterocycles. The summed E-state index contributed by atoms with van der Waals surface area (Å²) in [6.07, 6.45) is 17.4. The molecule has 11 rings (SSSR count). The number of aliphatic hydroxyl groups is 3. The molecule has 4 heterocycles. The number of rotatable bonds is 9. The number of benzene rings is 5. The van der Waals surface area contributed by atoms with Crippen molar-refractivity contribution in [3.63, 3.8) is 0 Å². The number of aliphatic hydroxyl groups excluding tert-OH is 2. The van der Waals surface area contributed by atoms with E-state index in [1.54, 1.807) is 26.3 Å². The van der Waals surface area contributed by atoms with Crippen LogP contribution in [0.4, 0.5) is 5.69 Å². The van der Waals surface area contributed by atoms with Crippen molar-refractivity contribution in [2.24, 2.45) is 22.6 Å². The van der Waals surface area contributed by atoms with Gasteiger partial charge in [-0.15, -0.1) is 0 Å². The molecule has 10 bridgehead atoms. The molecule has 360 valence electrons. The first kappa shape index (κ1) is 47.8. The van der Waals surface area contributed by atoms with Gasteiger partial charge in [-0.3, -0.25) is 9.79 Å². The van der Waals surface area contributed by atoms with E-state index in [4.69, 9.17) is 19.9 Å². The van der Waals surface area contributed by atoms with E-state index in [0.29, 0.717) is 52.4 Å². The lowest BCUT2D eigenvalue weighted by molar-refractivity contribution is -0.121. The fourth-order valence-electron chi connectivity index (χ4n) is 10.7. The number of nitrogens with zero attached hydrogens (tertiary/aromatic N) is 1. The molecule has 0 saturated heterocycles. The molecule has 0 saturated carbocycles. The van der Waals surface area contributed by atoms with Gasteiger partial charge in [-0.1, -0.05) is 98.2 Å². The van der Waals surface area contributed by atoms with Gasteiger partial charge in [0.1, 0.15) is 36.1 Å². The summed E-state index contributed by atoms with van der Waals surface area (Å²) in [7, 11) is 3.21. The second-order valence-corrected chi connectivity index (χ2v) is 18.9. The van der Waals surface area contributed by atoms with Gasteiger partial charge in [0, 0.05) is 59.7 Å². The average molecular weight is 940 g/mol. The number of allylic oxidation sites excluding steroid dienone is 5. The Labute approximate surface area is 409 Å². The van der Waals surface area contributed by atoms with Crippen LogP contribution < -0.4 is 20.5 Å². The SMILES string of the molecule is CN=C(N)Nc1cccc(CCCCC2C=C3C=CC(c4ccccc4)C4C#COC(CC(=O)CCc5ccc(OC)c(c5)OCc5c(C(O)O)cc6c4c(O)cc4c6c5C=CC4C)CC2C=C3O)c1. The van der Waals surface area contributed by atoms with Crippen LogP contribution in [0.5, 0.6) is 17.2 Å². The van der Waals surface area contributed by atoms with E-state index >= 15 is 0 Å². The summed E-state index contributed by atoms with van der Waals surface area (Å²) in [6, 6.07) is 27.2. The molecular weight excluding hydrogens is 879 g/mol. The van der Waals surface area contributed by atoms with Crippen LogP contribution in [0, 0.1) is 23.9 Å². The second-order valence-electron chi connectivity index (χ2n) is 18.9. The molecule has 70 heavy (non-hydrogen) atoms. The molecule has 0 fully saturated rings. The zero-order valence-corrected chi connectivity index (χ0v) is 39.9. The molecule has 7 N–H and O–H groups in total. The zero-order valence-electron chi connectivity index (χ0n) is 39.9. The maximum atomic E-state index is 14.1. The van der Waals surface area contributed by atoms with Crippen LogP contribution in [0.15, 0.2) is 132 Å². The molecule has 4 aliphatic heterocycles. The van der Waals surface area contributed by atoms with Gasteiger partial charge in [-0.25, -0.2) is 0 Å². The first-order valence-electron chi connectivity index (χ1n) is 24.3. The summed E-state index contributed by atoms with van der Waals surface area (Å²) >= 11 is 0. The van der Waals surface area contributed by atoms with E-state index in [9.17, 15) is 25.2 Å². The van der Waals surface area contributed by atoms with Crippen molar-refractivity contribution in [2.75, 3.05) is 19.5 Å². The highest BCUT2D eigenvalue weighted by Crippen LogP contribution is 2.49. The van der Waals surface area contributed by atoms with Crippen molar-refractivity contribution in [2.45, 2.75) is 95.0 Å². The first-order valence-corrected chi connectivity index (χ1v) is 24.3. The Morgan fingerprint density at radius 3 is 2.61 bits per heavy atom. The predicted molar refractivity (Wildman–Crippen MR) is 275 cm³/mol. The van der Waals surface area contributed by atoms with Crippen molar-refractivity contribution < 1.29 is 39.4 Å². The minimum absolute atomic E-state index is 0.0000221. The first-order chi connectivity index (χ1) is 34.0. The molecule has 5 aromatic rings. The molecule has 11 nitrogen and oxygen atoms in total. The highest BCUT2D eigenvalue weighted by molar-refractivity contribution is 6.01. The van der Waals surface area contributed by atoms with Gasteiger partial charge in [-0.05, 0) is 125 Å². The smallest absolute Gasteiger partial charge is 0.192 e. The van der Waals surface area contributed by atoms with E-state index in [-0.39, 0.29) is 60.1 Å². The second kappa shape index (κ2) is 21.2. The Bertz CT molecular complexity index is 2990. The lowest BCUT2D eigenvalue weighted by Crippen LogP contribution is -2.25. The molecule has 0 radical (unpaired) electrons. The van der Waals surface area contributed by atoms with Gasteiger partial charge < -0.3 is 45.7 Å². The van der Waals surface area contributed by atoms with Crippen LogP contribution in [-0.4, -0.2) is 52.4 Å². The Kier molecular flexibility index (Phi) is 14.5. The minimum atomic E-state index is -1.89. The van der Waals surface area contributed by atoms with Crippen LogP contribution in [0.25, 0.3) is 16.8 Å². The Balaban J connectivity index is 1.18. The van der Waals surface area contributed by atoms with Gasteiger partial charge in [0.15, 0.2) is 23.7 Å². The highest BCUT2D eigenvalue weighted by atomic mass is 16.5. The number of carbonyl (C=O) groups excluding carboxylic acids is 1. The fraction of sp³-hybridized carbons (Fsp3) is 0.322. The third-order valence-electron chi connectivity index (χ3n) is 14.3. The number of nitrogens with one attached hydrogen (secondary N) is 1. The lowest BCUT2D eigenvalue weighted by Gasteiger charge is -2.29. The fourth-order valence-corrected chi connectivity index (χ4v) is 10.7. The summed E-state index contributed by atoms with van der Waals surface area (Å²) in [5, 5.41) is 51.2. The summed E-state index contributed by atoms with van der Waals surface area (Å²) in [4.78, 5) is 18.1. The number of ether oxygens (including phenoxy) is 3. The highest BCUT2D eigenvalue weighted by Gasteiger charge is 2.34. The summed E-state index contributed by atoms with van der Waals surface area (Å²) < 4.78 is 18.8. The molecule has 0 spiro atoms. The molecule has 6 aliphatic rings. The molecular formula is C59H61N3O8. The number of hydrogen-bond acceptors (Lipinski definition) is 9. The van der Waals surface area contributed by atoms with Crippen molar-refractivity contribution in [1.82, 2.24) is 0 Å². The van der Waals surface area contributed by atoms with E-state index < -0.39 is 24.2 Å². The van der Waals surface area contributed by atoms with Gasteiger partial charge in [-0.2, -0.15) is 0 Å². The van der Waals surface area contributed by atoms with Crippen LogP contribution in [0.3, 0.4) is 0 Å². The minimum Gasteiger partial charge on any atom is -0.508 e.